The van der Waals surface area contributed by atoms with Gasteiger partial charge in [-0.1, -0.05) is 38.6 Å². The Balaban J connectivity index is 1.51. The number of hydrogen-bond donors (Lipinski definition) is 1. The van der Waals surface area contributed by atoms with Crippen LogP contribution in [0.4, 0.5) is 11.4 Å². The van der Waals surface area contributed by atoms with E-state index in [1.54, 1.807) is 19.9 Å². The van der Waals surface area contributed by atoms with Crippen LogP contribution in [0.15, 0.2) is 23.4 Å². The van der Waals surface area contributed by atoms with Gasteiger partial charge in [-0.2, -0.15) is 5.10 Å². The fraction of sp³-hybridized carbons (Fsp3) is 0.524. The number of carbonyl (C=O) groups is 1. The molecule has 30 heavy (non-hydrogen) atoms. The smallest absolute Gasteiger partial charge is 0.271 e. The van der Waals surface area contributed by atoms with Crippen molar-refractivity contribution in [3.8, 4) is 0 Å². The van der Waals surface area contributed by atoms with E-state index in [0.29, 0.717) is 16.8 Å². The minimum Gasteiger partial charge on any atom is -0.325 e. The van der Waals surface area contributed by atoms with Gasteiger partial charge in [0.25, 0.3) is 5.69 Å². The van der Waals surface area contributed by atoms with Crippen molar-refractivity contribution in [3.63, 3.8) is 0 Å². The van der Waals surface area contributed by atoms with Crippen molar-refractivity contribution in [1.29, 1.82) is 0 Å². The molecule has 1 N–H and O–H groups in total. The predicted molar refractivity (Wildman–Crippen MR) is 115 cm³/mol. The maximum atomic E-state index is 12.7. The summed E-state index contributed by atoms with van der Waals surface area (Å²) in [4.78, 5) is 28.0. The summed E-state index contributed by atoms with van der Waals surface area (Å²) in [7, 11) is 0. The highest BCUT2D eigenvalue weighted by molar-refractivity contribution is 8.00. The molecule has 0 spiro atoms. The molecule has 2 aliphatic rings. The third kappa shape index (κ3) is 3.07. The SMILES string of the molecule is Cc1ccc([N+](=O)[O-])cc1NC(=O)[C@H](C)Sc1nnc2c(n1)[C@@]1(C)CC[C@H]2C1(C)C. The number of nitrogens with zero attached hydrogens (tertiary/aromatic N) is 4. The van der Waals surface area contributed by atoms with Crippen LogP contribution in [-0.4, -0.2) is 31.3 Å². The number of thioether (sulfide) groups is 1. The van der Waals surface area contributed by atoms with Crippen LogP contribution in [0.1, 0.15) is 63.4 Å². The van der Waals surface area contributed by atoms with Crippen LogP contribution in [0.5, 0.6) is 0 Å². The Morgan fingerprint density at radius 2 is 2.07 bits per heavy atom. The standard InChI is InChI=1S/C21H25N5O3S/c1-11-6-7-13(26(28)29)10-15(11)22-18(27)12(2)30-19-23-17-16(24-25-19)14-8-9-21(17,5)20(14,3)4/h6-7,10,12,14H,8-9H2,1-5H3,(H,22,27)/t12-,14+,21+/m0/s1. The molecule has 0 unspecified atom stereocenters. The molecule has 1 saturated carbocycles. The van der Waals surface area contributed by atoms with Gasteiger partial charge in [0.1, 0.15) is 0 Å². The average Bonchev–Trinajstić information content (AvgIpc) is 3.01. The zero-order valence-corrected chi connectivity index (χ0v) is 18.5. The predicted octanol–water partition coefficient (Wildman–Crippen LogP) is 4.38. The van der Waals surface area contributed by atoms with Crippen LogP contribution in [0, 0.1) is 22.5 Å². The number of benzene rings is 1. The molecule has 0 saturated heterocycles. The molecule has 1 fully saturated rings. The number of carbonyl (C=O) groups excluding carboxylic acids is 1. The molecule has 1 aromatic heterocycles. The Hall–Kier alpha value is -2.55. The molecule has 158 valence electrons. The molecule has 2 bridgehead atoms. The van der Waals surface area contributed by atoms with Gasteiger partial charge in [-0.15, -0.1) is 5.10 Å². The number of amides is 1. The van der Waals surface area contributed by atoms with Gasteiger partial charge in [-0.25, -0.2) is 4.98 Å². The number of anilines is 1. The van der Waals surface area contributed by atoms with Gasteiger partial charge in [0.05, 0.1) is 27.2 Å². The van der Waals surface area contributed by atoms with Crippen molar-refractivity contribution in [2.75, 3.05) is 5.32 Å². The average molecular weight is 428 g/mol. The summed E-state index contributed by atoms with van der Waals surface area (Å²) in [5, 5.41) is 22.6. The maximum absolute atomic E-state index is 12.7. The Kier molecular flexibility index (Phi) is 4.84. The third-order valence-electron chi connectivity index (χ3n) is 7.11. The number of hydrogen-bond acceptors (Lipinski definition) is 7. The van der Waals surface area contributed by atoms with Crippen LogP contribution in [0.3, 0.4) is 0 Å². The highest BCUT2D eigenvalue weighted by atomic mass is 32.2. The lowest BCUT2D eigenvalue weighted by Crippen LogP contribution is -2.32. The van der Waals surface area contributed by atoms with Gasteiger partial charge in [-0.05, 0) is 37.7 Å². The van der Waals surface area contributed by atoms with Crippen LogP contribution < -0.4 is 5.32 Å². The lowest BCUT2D eigenvalue weighted by Gasteiger charge is -2.34. The van der Waals surface area contributed by atoms with Crippen molar-refractivity contribution in [2.24, 2.45) is 5.41 Å². The molecule has 1 aromatic carbocycles. The van der Waals surface area contributed by atoms with Gasteiger partial charge in [0.2, 0.25) is 11.1 Å². The van der Waals surface area contributed by atoms with Crippen LogP contribution in [-0.2, 0) is 10.2 Å². The van der Waals surface area contributed by atoms with Gasteiger partial charge in [0, 0.05) is 23.5 Å². The highest BCUT2D eigenvalue weighted by Gasteiger charge is 2.61. The van der Waals surface area contributed by atoms with E-state index >= 15 is 0 Å². The zero-order valence-electron chi connectivity index (χ0n) is 17.7. The number of fused-ring (bicyclic) bond motifs is 5. The second-order valence-electron chi connectivity index (χ2n) is 8.98. The van der Waals surface area contributed by atoms with Gasteiger partial charge in [0.15, 0.2) is 0 Å². The maximum Gasteiger partial charge on any atom is 0.271 e. The molecular formula is C21H25N5O3S. The lowest BCUT2D eigenvalue weighted by atomic mass is 9.70. The molecule has 9 heteroatoms. The molecule has 1 heterocycles. The number of rotatable bonds is 5. The third-order valence-corrected chi connectivity index (χ3v) is 8.06. The minimum absolute atomic E-state index is 0.0240. The first kappa shape index (κ1) is 20.7. The number of nitro benzene ring substituents is 1. The second kappa shape index (κ2) is 7.01. The number of aromatic nitrogens is 3. The molecular weight excluding hydrogens is 402 g/mol. The molecule has 4 rings (SSSR count). The summed E-state index contributed by atoms with van der Waals surface area (Å²) in [5.41, 5.74) is 3.22. The molecule has 0 radical (unpaired) electrons. The van der Waals surface area contributed by atoms with Crippen LogP contribution >= 0.6 is 11.8 Å². The van der Waals surface area contributed by atoms with E-state index in [1.165, 1.54) is 23.9 Å². The van der Waals surface area contributed by atoms with E-state index in [9.17, 15) is 14.9 Å². The van der Waals surface area contributed by atoms with E-state index in [2.05, 4.69) is 36.3 Å². The van der Waals surface area contributed by atoms with Crippen molar-refractivity contribution >= 4 is 29.0 Å². The first-order valence-electron chi connectivity index (χ1n) is 10.0. The van der Waals surface area contributed by atoms with E-state index in [4.69, 9.17) is 4.98 Å². The number of aryl methyl sites for hydroxylation is 1. The summed E-state index contributed by atoms with van der Waals surface area (Å²) < 4.78 is 0. The van der Waals surface area contributed by atoms with Crippen LogP contribution in [0.2, 0.25) is 0 Å². The monoisotopic (exact) mass is 427 g/mol. The Morgan fingerprint density at radius 3 is 2.77 bits per heavy atom. The summed E-state index contributed by atoms with van der Waals surface area (Å²) in [6.07, 6.45) is 2.20. The molecule has 0 aliphatic heterocycles. The molecule has 2 aromatic rings. The fourth-order valence-corrected chi connectivity index (χ4v) is 5.43. The zero-order chi connectivity index (χ0) is 21.8. The molecule has 3 atom stereocenters. The van der Waals surface area contributed by atoms with E-state index in [1.807, 2.05) is 0 Å². The summed E-state index contributed by atoms with van der Waals surface area (Å²) in [6.45, 7) is 10.4. The topological polar surface area (TPSA) is 111 Å². The number of non-ortho nitro benzene ring substituents is 1. The quantitative estimate of drug-likeness (QED) is 0.428. The number of nitro groups is 1. The first-order chi connectivity index (χ1) is 14.0. The van der Waals surface area contributed by atoms with E-state index < -0.39 is 10.2 Å². The molecule has 1 amide bonds. The summed E-state index contributed by atoms with van der Waals surface area (Å²) >= 11 is 1.25. The normalized spacial score (nSPS) is 24.4. The largest absolute Gasteiger partial charge is 0.325 e. The Labute approximate surface area is 179 Å². The number of nitrogens with one attached hydrogen (secondary N) is 1. The molecule has 8 nitrogen and oxygen atoms in total. The van der Waals surface area contributed by atoms with Crippen molar-refractivity contribution in [2.45, 2.75) is 69.2 Å². The van der Waals surface area contributed by atoms with Crippen molar-refractivity contribution in [3.05, 3.63) is 45.3 Å². The fourth-order valence-electron chi connectivity index (χ4n) is 4.72. The van der Waals surface area contributed by atoms with Gasteiger partial charge >= 0.3 is 0 Å². The van der Waals surface area contributed by atoms with Crippen molar-refractivity contribution < 1.29 is 9.72 Å². The Bertz CT molecular complexity index is 1060. The van der Waals surface area contributed by atoms with Crippen molar-refractivity contribution in [1.82, 2.24) is 15.2 Å². The van der Waals surface area contributed by atoms with Gasteiger partial charge < -0.3 is 5.32 Å². The summed E-state index contributed by atoms with van der Waals surface area (Å²) in [5.74, 6) is 0.120. The Morgan fingerprint density at radius 1 is 1.33 bits per heavy atom. The van der Waals surface area contributed by atoms with Gasteiger partial charge in [-0.3, -0.25) is 14.9 Å². The van der Waals surface area contributed by atoms with E-state index in [0.717, 1.165) is 29.8 Å². The minimum atomic E-state index is -0.483. The highest BCUT2D eigenvalue weighted by Crippen LogP contribution is 2.66. The van der Waals surface area contributed by atoms with E-state index in [-0.39, 0.29) is 22.4 Å². The second-order valence-corrected chi connectivity index (χ2v) is 10.3. The molecule has 2 aliphatic carbocycles. The summed E-state index contributed by atoms with van der Waals surface area (Å²) in [6, 6.07) is 4.41. The lowest BCUT2D eigenvalue weighted by molar-refractivity contribution is -0.384. The van der Waals surface area contributed by atoms with Crippen LogP contribution in [0.25, 0.3) is 0 Å². The first-order valence-corrected chi connectivity index (χ1v) is 10.9.